The van der Waals surface area contributed by atoms with Gasteiger partial charge in [-0.05, 0) is 17.7 Å². The number of ether oxygens (including phenoxy) is 1. The molecule has 0 spiro atoms. The summed E-state index contributed by atoms with van der Waals surface area (Å²) >= 11 is 0. The van der Waals surface area contributed by atoms with E-state index in [4.69, 9.17) is 4.74 Å². The highest BCUT2D eigenvalue weighted by atomic mass is 32.2. The Morgan fingerprint density at radius 2 is 2.00 bits per heavy atom. The van der Waals surface area contributed by atoms with Crippen molar-refractivity contribution in [1.82, 2.24) is 9.71 Å². The van der Waals surface area contributed by atoms with Gasteiger partial charge in [0.05, 0.1) is 7.11 Å². The maximum atomic E-state index is 13.5. The van der Waals surface area contributed by atoms with Crippen LogP contribution in [0.1, 0.15) is 5.56 Å². The van der Waals surface area contributed by atoms with Crippen LogP contribution in [0.15, 0.2) is 41.4 Å². The Hall–Kier alpha value is -2.06. The average molecular weight is 314 g/mol. The van der Waals surface area contributed by atoms with Crippen LogP contribution in [0.4, 0.5) is 8.78 Å². The van der Waals surface area contributed by atoms with Crippen molar-refractivity contribution in [2.75, 3.05) is 7.11 Å². The summed E-state index contributed by atoms with van der Waals surface area (Å²) in [5.41, 5.74) is 0.571. The number of pyridine rings is 1. The van der Waals surface area contributed by atoms with Gasteiger partial charge in [0.1, 0.15) is 16.5 Å². The van der Waals surface area contributed by atoms with E-state index in [0.717, 1.165) is 12.1 Å². The number of rotatable bonds is 5. The third kappa shape index (κ3) is 3.73. The van der Waals surface area contributed by atoms with Crippen LogP contribution < -0.4 is 9.46 Å². The summed E-state index contributed by atoms with van der Waals surface area (Å²) in [6, 6.07) is 5.47. The summed E-state index contributed by atoms with van der Waals surface area (Å²) in [6.07, 6.45) is 1.43. The van der Waals surface area contributed by atoms with Gasteiger partial charge < -0.3 is 4.74 Å². The molecule has 1 heterocycles. The minimum Gasteiger partial charge on any atom is -0.481 e. The second-order valence-corrected chi connectivity index (χ2v) is 5.84. The maximum Gasteiger partial charge on any atom is 0.243 e. The van der Waals surface area contributed by atoms with Crippen molar-refractivity contribution in [3.05, 3.63) is 53.7 Å². The number of nitrogens with zero attached hydrogens (tertiary/aromatic N) is 1. The molecule has 1 aromatic carbocycles. The molecule has 2 aromatic rings. The van der Waals surface area contributed by atoms with Gasteiger partial charge in [0.15, 0.2) is 0 Å². The van der Waals surface area contributed by atoms with Crippen LogP contribution in [0.2, 0.25) is 0 Å². The van der Waals surface area contributed by atoms with Gasteiger partial charge in [-0.25, -0.2) is 26.9 Å². The van der Waals surface area contributed by atoms with Gasteiger partial charge in [-0.15, -0.1) is 0 Å². The molecule has 0 bridgehead atoms. The number of methoxy groups -OCH3 is 1. The summed E-state index contributed by atoms with van der Waals surface area (Å²) in [6.45, 7) is -0.0733. The molecule has 0 unspecified atom stereocenters. The van der Waals surface area contributed by atoms with Crippen LogP contribution in [0.5, 0.6) is 5.88 Å². The smallest absolute Gasteiger partial charge is 0.243 e. The topological polar surface area (TPSA) is 68.3 Å². The Labute approximate surface area is 120 Å². The average Bonchev–Trinajstić information content (AvgIpc) is 2.45. The molecule has 0 radical (unpaired) electrons. The van der Waals surface area contributed by atoms with Crippen molar-refractivity contribution in [1.29, 1.82) is 0 Å². The fourth-order valence-electron chi connectivity index (χ4n) is 1.59. The predicted molar refractivity (Wildman–Crippen MR) is 71.2 cm³/mol. The zero-order valence-electron chi connectivity index (χ0n) is 11.0. The van der Waals surface area contributed by atoms with E-state index in [9.17, 15) is 17.2 Å². The lowest BCUT2D eigenvalue weighted by Crippen LogP contribution is -2.24. The number of nitrogens with one attached hydrogen (secondary N) is 1. The molecule has 8 heteroatoms. The van der Waals surface area contributed by atoms with Crippen molar-refractivity contribution in [2.24, 2.45) is 0 Å². The van der Waals surface area contributed by atoms with Crippen LogP contribution in [0.25, 0.3) is 0 Å². The summed E-state index contributed by atoms with van der Waals surface area (Å²) in [5.74, 6) is -1.59. The van der Waals surface area contributed by atoms with Gasteiger partial charge in [0, 0.05) is 24.9 Å². The molecule has 112 valence electrons. The number of halogens is 2. The van der Waals surface area contributed by atoms with Crippen LogP contribution in [-0.2, 0) is 16.6 Å². The molecule has 0 atom stereocenters. The normalized spacial score (nSPS) is 11.4. The highest BCUT2D eigenvalue weighted by Crippen LogP contribution is 2.16. The van der Waals surface area contributed by atoms with Crippen LogP contribution >= 0.6 is 0 Å². The van der Waals surface area contributed by atoms with Gasteiger partial charge in [-0.1, -0.05) is 6.07 Å². The minimum absolute atomic E-state index is 0.0733. The Bertz CT molecular complexity index is 734. The fraction of sp³-hybridized carbons (Fsp3) is 0.154. The second-order valence-electron chi connectivity index (χ2n) is 4.11. The van der Waals surface area contributed by atoms with Gasteiger partial charge in [0.25, 0.3) is 0 Å². The lowest BCUT2D eigenvalue weighted by molar-refractivity contribution is 0.397. The van der Waals surface area contributed by atoms with Crippen molar-refractivity contribution in [2.45, 2.75) is 11.4 Å². The van der Waals surface area contributed by atoms with E-state index >= 15 is 0 Å². The number of hydrogen-bond acceptors (Lipinski definition) is 4. The Morgan fingerprint density at radius 1 is 1.24 bits per heavy atom. The second kappa shape index (κ2) is 6.15. The first-order valence-corrected chi connectivity index (χ1v) is 7.34. The van der Waals surface area contributed by atoms with E-state index in [1.807, 2.05) is 0 Å². The van der Waals surface area contributed by atoms with Crippen LogP contribution in [0, 0.1) is 11.6 Å². The highest BCUT2D eigenvalue weighted by Gasteiger charge is 2.19. The maximum absolute atomic E-state index is 13.5. The van der Waals surface area contributed by atoms with Gasteiger partial charge >= 0.3 is 0 Å². The third-order valence-electron chi connectivity index (χ3n) is 2.66. The van der Waals surface area contributed by atoms with Crippen LogP contribution in [0.3, 0.4) is 0 Å². The van der Waals surface area contributed by atoms with Gasteiger partial charge in [-0.3, -0.25) is 0 Å². The summed E-state index contributed by atoms with van der Waals surface area (Å²) < 4.78 is 57.2. The molecule has 1 aromatic heterocycles. The van der Waals surface area contributed by atoms with Crippen molar-refractivity contribution in [3.63, 3.8) is 0 Å². The SMILES string of the molecule is COc1ccc(CNS(=O)(=O)c2ccc(F)cc2F)cn1. The minimum atomic E-state index is -4.07. The van der Waals surface area contributed by atoms with E-state index in [-0.39, 0.29) is 6.54 Å². The monoisotopic (exact) mass is 314 g/mol. The summed E-state index contributed by atoms with van der Waals surface area (Å²) in [4.78, 5) is 3.31. The third-order valence-corrected chi connectivity index (χ3v) is 4.09. The van der Waals surface area contributed by atoms with Crippen molar-refractivity contribution >= 4 is 10.0 Å². The molecule has 21 heavy (non-hydrogen) atoms. The van der Waals surface area contributed by atoms with E-state index < -0.39 is 26.6 Å². The molecule has 0 fully saturated rings. The number of sulfonamides is 1. The molecule has 5 nitrogen and oxygen atoms in total. The first-order valence-electron chi connectivity index (χ1n) is 5.86. The number of aromatic nitrogens is 1. The summed E-state index contributed by atoms with van der Waals surface area (Å²) in [7, 11) is -2.61. The highest BCUT2D eigenvalue weighted by molar-refractivity contribution is 7.89. The molecule has 0 aliphatic carbocycles. The molecule has 0 saturated carbocycles. The Morgan fingerprint density at radius 3 is 2.57 bits per heavy atom. The zero-order valence-corrected chi connectivity index (χ0v) is 11.8. The lowest BCUT2D eigenvalue weighted by atomic mass is 10.3. The Kier molecular flexibility index (Phi) is 4.49. The Balaban J connectivity index is 2.13. The van der Waals surface area contributed by atoms with Crippen molar-refractivity contribution in [3.8, 4) is 5.88 Å². The predicted octanol–water partition coefficient (Wildman–Crippen LogP) is 1.85. The molecule has 2 rings (SSSR count). The van der Waals surface area contributed by atoms with Crippen molar-refractivity contribution < 1.29 is 21.9 Å². The molecular weight excluding hydrogens is 302 g/mol. The van der Waals surface area contributed by atoms with Gasteiger partial charge in [-0.2, -0.15) is 0 Å². The molecule has 1 N–H and O–H groups in total. The van der Waals surface area contributed by atoms with Crippen LogP contribution in [-0.4, -0.2) is 20.5 Å². The standard InChI is InChI=1S/C13H12F2N2O3S/c1-20-13-5-2-9(7-16-13)8-17-21(18,19)12-4-3-10(14)6-11(12)15/h2-7,17H,8H2,1H3. The first kappa shape index (κ1) is 15.3. The lowest BCUT2D eigenvalue weighted by Gasteiger charge is -2.08. The molecule has 0 aliphatic heterocycles. The van der Waals surface area contributed by atoms with E-state index in [2.05, 4.69) is 9.71 Å². The largest absolute Gasteiger partial charge is 0.481 e. The number of benzene rings is 1. The first-order chi connectivity index (χ1) is 9.92. The fourth-order valence-corrected chi connectivity index (χ4v) is 2.66. The molecular formula is C13H12F2N2O3S. The van der Waals surface area contributed by atoms with E-state index in [1.165, 1.54) is 13.3 Å². The molecule has 0 aliphatic rings. The quantitative estimate of drug-likeness (QED) is 0.914. The van der Waals surface area contributed by atoms with E-state index in [0.29, 0.717) is 17.5 Å². The van der Waals surface area contributed by atoms with Gasteiger partial charge in [0.2, 0.25) is 15.9 Å². The zero-order chi connectivity index (χ0) is 15.5. The molecule has 0 amide bonds. The summed E-state index contributed by atoms with van der Waals surface area (Å²) in [5, 5.41) is 0. The van der Waals surface area contributed by atoms with E-state index in [1.54, 1.807) is 12.1 Å². The number of hydrogen-bond donors (Lipinski definition) is 1. The molecule has 0 saturated heterocycles.